The van der Waals surface area contributed by atoms with E-state index in [4.69, 9.17) is 11.1 Å². The molecule has 0 fully saturated rings. The number of rotatable bonds is 3. The van der Waals surface area contributed by atoms with Gasteiger partial charge in [-0.15, -0.1) is 0 Å². The van der Waals surface area contributed by atoms with Gasteiger partial charge >= 0.3 is 0 Å². The zero-order valence-corrected chi connectivity index (χ0v) is 7.91. The Morgan fingerprint density at radius 1 is 1.38 bits per heavy atom. The van der Waals surface area contributed by atoms with Crippen LogP contribution in [0.1, 0.15) is 20.8 Å². The average molecular weight is 152 g/mol. The third-order valence-corrected chi connectivity index (χ3v) is 2.66. The minimum Gasteiger partial charge on any atom is -0.327 e. The highest BCUT2D eigenvalue weighted by molar-refractivity contribution is 6.92. The first-order valence-electron chi connectivity index (χ1n) is 2.97. The molecule has 0 aromatic heterocycles. The number of nitrogens with one attached hydrogen (secondary N) is 1. The Morgan fingerprint density at radius 2 is 1.88 bits per heavy atom. The zero-order valence-electron chi connectivity index (χ0n) is 5.74. The molecule has 0 amide bonds. The van der Waals surface area contributed by atoms with Crippen molar-refractivity contribution in [2.45, 2.75) is 26.8 Å². The molecule has 0 radical (unpaired) electrons. The summed E-state index contributed by atoms with van der Waals surface area (Å²) < 4.78 is 0. The molecule has 3 heteroatoms. The molecule has 0 aromatic rings. The van der Waals surface area contributed by atoms with E-state index >= 15 is 0 Å². The highest BCUT2D eigenvalue weighted by Gasteiger charge is 2.02. The van der Waals surface area contributed by atoms with E-state index in [0.29, 0.717) is 12.0 Å². The molecule has 0 aliphatic heterocycles. The van der Waals surface area contributed by atoms with E-state index in [9.17, 15) is 0 Å². The summed E-state index contributed by atoms with van der Waals surface area (Å²) in [5.41, 5.74) is 0. The van der Waals surface area contributed by atoms with Crippen LogP contribution in [0.2, 0.25) is 0 Å². The molecular weight excluding hydrogens is 138 g/mol. The summed E-state index contributed by atoms with van der Waals surface area (Å²) in [6, 6.07) is 0.596. The lowest BCUT2D eigenvalue weighted by atomic mass is 10.1. The van der Waals surface area contributed by atoms with Crippen molar-refractivity contribution in [3.05, 3.63) is 0 Å². The predicted octanol–water partition coefficient (Wildman–Crippen LogP) is 0.858. The fourth-order valence-electron chi connectivity index (χ4n) is 0.357. The monoisotopic (exact) mass is 151 g/mol. The van der Waals surface area contributed by atoms with E-state index in [1.54, 1.807) is 0 Å². The van der Waals surface area contributed by atoms with Crippen LogP contribution < -0.4 is 4.98 Å². The van der Waals surface area contributed by atoms with Crippen molar-refractivity contribution in [2.24, 2.45) is 5.92 Å². The van der Waals surface area contributed by atoms with Gasteiger partial charge in [0.05, 0.1) is 0 Å². The van der Waals surface area contributed by atoms with E-state index in [1.165, 1.54) is 0 Å². The van der Waals surface area contributed by atoms with Gasteiger partial charge in [-0.1, -0.05) is 20.8 Å². The molecule has 0 saturated carbocycles. The van der Waals surface area contributed by atoms with Gasteiger partial charge in [0.1, 0.15) is 0 Å². The summed E-state index contributed by atoms with van der Waals surface area (Å²) in [4.78, 5) is 3.25. The van der Waals surface area contributed by atoms with Crippen molar-refractivity contribution in [2.75, 3.05) is 0 Å². The molecule has 0 bridgehead atoms. The summed E-state index contributed by atoms with van der Waals surface area (Å²) in [6.07, 6.45) is 0. The topological polar surface area (TPSA) is 12.0 Å². The van der Waals surface area contributed by atoms with Crippen LogP contribution in [0.15, 0.2) is 0 Å². The van der Waals surface area contributed by atoms with Crippen molar-refractivity contribution in [3.63, 3.8) is 0 Å². The quantitative estimate of drug-likeness (QED) is 0.466. The third-order valence-electron chi connectivity index (χ3n) is 1.40. The molecule has 8 heavy (non-hydrogen) atoms. The Bertz CT molecular complexity index is 58.4. The second kappa shape index (κ2) is 4.36. The Balaban J connectivity index is 3.17. The summed E-state index contributed by atoms with van der Waals surface area (Å²) in [6.45, 7) is 6.55. The summed E-state index contributed by atoms with van der Waals surface area (Å²) in [5, 5.41) is 0. The van der Waals surface area contributed by atoms with Gasteiger partial charge in [-0.25, -0.2) is 0 Å². The normalized spacial score (nSPS) is 16.1. The lowest BCUT2D eigenvalue weighted by Crippen LogP contribution is -2.31. The van der Waals surface area contributed by atoms with Gasteiger partial charge in [-0.3, -0.25) is 0 Å². The van der Waals surface area contributed by atoms with Crippen LogP contribution in [0.5, 0.6) is 0 Å². The fraction of sp³-hybridized carbons (Fsp3) is 1.00. The smallest absolute Gasteiger partial charge is 0.195 e. The first-order valence-corrected chi connectivity index (χ1v) is 5.82. The largest absolute Gasteiger partial charge is 0.327 e. The van der Waals surface area contributed by atoms with E-state index < -0.39 is 8.99 Å². The maximum absolute atomic E-state index is 5.57. The van der Waals surface area contributed by atoms with Gasteiger partial charge in [-0.2, -0.15) is 11.1 Å². The van der Waals surface area contributed by atoms with Gasteiger partial charge in [-0.05, 0) is 5.92 Å². The molecular formula is C5H14ClNSi. The van der Waals surface area contributed by atoms with E-state index in [0.717, 1.165) is 0 Å². The summed E-state index contributed by atoms with van der Waals surface area (Å²) in [5.74, 6) is 0.709. The molecule has 0 aliphatic carbocycles. The second-order valence-corrected chi connectivity index (χ2v) is 3.85. The van der Waals surface area contributed by atoms with Crippen LogP contribution in [0, 0.1) is 5.92 Å². The molecule has 1 unspecified atom stereocenters. The molecule has 0 heterocycles. The van der Waals surface area contributed by atoms with Gasteiger partial charge < -0.3 is 4.98 Å². The number of hydrogen-bond donors (Lipinski definition) is 1. The third kappa shape index (κ3) is 3.47. The lowest BCUT2D eigenvalue weighted by Gasteiger charge is -2.14. The van der Waals surface area contributed by atoms with Crippen molar-refractivity contribution >= 4 is 20.1 Å². The van der Waals surface area contributed by atoms with Crippen LogP contribution in [0.25, 0.3) is 0 Å². The molecule has 1 atom stereocenters. The molecule has 0 aliphatic rings. The van der Waals surface area contributed by atoms with Crippen LogP contribution in [0.4, 0.5) is 0 Å². The Kier molecular flexibility index (Phi) is 4.61. The average Bonchev–Trinajstić information content (AvgIpc) is 1.67. The number of hydrogen-bond acceptors (Lipinski definition) is 1. The lowest BCUT2D eigenvalue weighted by molar-refractivity contribution is 0.496. The van der Waals surface area contributed by atoms with Crippen molar-refractivity contribution < 1.29 is 0 Å². The zero-order chi connectivity index (χ0) is 6.57. The van der Waals surface area contributed by atoms with Crippen LogP contribution >= 0.6 is 11.1 Å². The van der Waals surface area contributed by atoms with Gasteiger partial charge in [0.2, 0.25) is 0 Å². The maximum Gasteiger partial charge on any atom is 0.195 e. The minimum atomic E-state index is -0.454. The first-order chi connectivity index (χ1) is 3.68. The van der Waals surface area contributed by atoms with E-state index in [2.05, 4.69) is 25.8 Å². The summed E-state index contributed by atoms with van der Waals surface area (Å²) >= 11 is 5.57. The number of halogens is 1. The van der Waals surface area contributed by atoms with Crippen LogP contribution in [-0.4, -0.2) is 15.0 Å². The Hall–Kier alpha value is 0.467. The standard InChI is InChI=1S/C5H14ClNSi/c1-4(2)5(3)7-8-6/h4-5,7H,8H2,1-3H3. The molecule has 1 N–H and O–H groups in total. The SMILES string of the molecule is CC(C)C(C)N[SiH2]Cl. The summed E-state index contributed by atoms with van der Waals surface area (Å²) in [7, 11) is -0.454. The van der Waals surface area contributed by atoms with Crippen molar-refractivity contribution in [3.8, 4) is 0 Å². The van der Waals surface area contributed by atoms with E-state index in [1.807, 2.05) is 0 Å². The Labute approximate surface area is 58.4 Å². The first kappa shape index (κ1) is 8.47. The molecule has 0 rings (SSSR count). The molecule has 0 aromatic carbocycles. The van der Waals surface area contributed by atoms with Crippen LogP contribution in [-0.2, 0) is 0 Å². The van der Waals surface area contributed by atoms with Crippen molar-refractivity contribution in [1.82, 2.24) is 4.98 Å². The van der Waals surface area contributed by atoms with Gasteiger partial charge in [0.15, 0.2) is 8.99 Å². The molecule has 1 nitrogen and oxygen atoms in total. The Morgan fingerprint density at radius 3 is 2.00 bits per heavy atom. The van der Waals surface area contributed by atoms with Crippen LogP contribution in [0.3, 0.4) is 0 Å². The highest BCUT2D eigenvalue weighted by Crippen LogP contribution is 1.97. The fourth-order valence-corrected chi connectivity index (χ4v) is 1.80. The maximum atomic E-state index is 5.57. The van der Waals surface area contributed by atoms with Crippen molar-refractivity contribution in [1.29, 1.82) is 0 Å². The van der Waals surface area contributed by atoms with E-state index in [-0.39, 0.29) is 0 Å². The second-order valence-electron chi connectivity index (χ2n) is 2.37. The van der Waals surface area contributed by atoms with Gasteiger partial charge in [0.25, 0.3) is 0 Å². The molecule has 0 saturated heterocycles. The predicted molar refractivity (Wildman–Crippen MR) is 41.8 cm³/mol. The minimum absolute atomic E-state index is 0.454. The highest BCUT2D eigenvalue weighted by atomic mass is 35.6. The van der Waals surface area contributed by atoms with Gasteiger partial charge in [0, 0.05) is 6.04 Å². The molecule has 50 valence electrons. The molecule has 0 spiro atoms.